The summed E-state index contributed by atoms with van der Waals surface area (Å²) in [7, 11) is 0. The van der Waals surface area contributed by atoms with Gasteiger partial charge in [-0.3, -0.25) is 0 Å². The highest BCUT2D eigenvalue weighted by molar-refractivity contribution is 5.77. The Balaban J connectivity index is 2.57. The van der Waals surface area contributed by atoms with Crippen LogP contribution in [0, 0.1) is 0 Å². The molecule has 0 unspecified atom stereocenters. The number of benzene rings is 1. The van der Waals surface area contributed by atoms with E-state index in [2.05, 4.69) is 6.58 Å². The van der Waals surface area contributed by atoms with Gasteiger partial charge >= 0.3 is 0 Å². The molecule has 17 heavy (non-hydrogen) atoms. The summed E-state index contributed by atoms with van der Waals surface area (Å²) in [6, 6.07) is 3.43. The van der Waals surface area contributed by atoms with Crippen molar-refractivity contribution < 1.29 is 14.6 Å². The quantitative estimate of drug-likeness (QED) is 0.848. The lowest BCUT2D eigenvalue weighted by Crippen LogP contribution is -2.09. The van der Waals surface area contributed by atoms with Gasteiger partial charge in [0.1, 0.15) is 5.76 Å². The van der Waals surface area contributed by atoms with E-state index < -0.39 is 0 Å². The molecule has 1 aliphatic rings. The van der Waals surface area contributed by atoms with Crippen molar-refractivity contribution in [2.75, 3.05) is 0 Å². The molecule has 90 valence electrons. The Hall–Kier alpha value is -1.90. The summed E-state index contributed by atoms with van der Waals surface area (Å²) in [6.45, 7) is 9.56. The van der Waals surface area contributed by atoms with Gasteiger partial charge in [0, 0.05) is 5.56 Å². The maximum Gasteiger partial charge on any atom is 0.204 e. The van der Waals surface area contributed by atoms with E-state index in [0.29, 0.717) is 17.3 Å². The summed E-state index contributed by atoms with van der Waals surface area (Å²) in [6.07, 6.45) is 1.83. The van der Waals surface area contributed by atoms with Gasteiger partial charge in [0.2, 0.25) is 5.75 Å². The third-order valence-corrected chi connectivity index (χ3v) is 2.48. The molecule has 0 bridgehead atoms. The molecule has 0 saturated heterocycles. The molecule has 3 heteroatoms. The number of phenols is 1. The van der Waals surface area contributed by atoms with Gasteiger partial charge in [-0.05, 0) is 44.6 Å². The van der Waals surface area contributed by atoms with Crippen LogP contribution in [0.5, 0.6) is 17.2 Å². The van der Waals surface area contributed by atoms with Crippen LogP contribution in [0.3, 0.4) is 0 Å². The van der Waals surface area contributed by atoms with Gasteiger partial charge < -0.3 is 14.6 Å². The first-order valence-corrected chi connectivity index (χ1v) is 5.57. The van der Waals surface area contributed by atoms with E-state index in [-0.39, 0.29) is 11.9 Å². The van der Waals surface area contributed by atoms with Gasteiger partial charge in [-0.25, -0.2) is 0 Å². The Morgan fingerprint density at radius 3 is 2.71 bits per heavy atom. The van der Waals surface area contributed by atoms with Gasteiger partial charge in [0.15, 0.2) is 11.5 Å². The first-order chi connectivity index (χ1) is 7.99. The zero-order valence-electron chi connectivity index (χ0n) is 10.3. The van der Waals surface area contributed by atoms with E-state index in [1.54, 1.807) is 6.07 Å². The highest BCUT2D eigenvalue weighted by Crippen LogP contribution is 2.45. The van der Waals surface area contributed by atoms with E-state index in [9.17, 15) is 5.11 Å². The topological polar surface area (TPSA) is 38.7 Å². The Morgan fingerprint density at radius 2 is 2.06 bits per heavy atom. The molecule has 0 amide bonds. The van der Waals surface area contributed by atoms with E-state index in [1.165, 1.54) is 0 Å². The smallest absolute Gasteiger partial charge is 0.204 e. The van der Waals surface area contributed by atoms with Crippen molar-refractivity contribution in [3.63, 3.8) is 0 Å². The van der Waals surface area contributed by atoms with E-state index in [0.717, 1.165) is 11.1 Å². The molecule has 0 spiro atoms. The zero-order valence-corrected chi connectivity index (χ0v) is 10.3. The second kappa shape index (κ2) is 4.17. The maximum atomic E-state index is 9.83. The van der Waals surface area contributed by atoms with Crippen LogP contribution in [0.15, 0.2) is 30.5 Å². The summed E-state index contributed by atoms with van der Waals surface area (Å²) in [4.78, 5) is 0. The van der Waals surface area contributed by atoms with Crippen molar-refractivity contribution in [3.05, 3.63) is 36.1 Å². The Bertz CT molecular complexity index is 498. The Morgan fingerprint density at radius 1 is 1.35 bits per heavy atom. The lowest BCUT2D eigenvalue weighted by Gasteiger charge is -2.22. The summed E-state index contributed by atoms with van der Waals surface area (Å²) in [5.41, 5.74) is 1.97. The monoisotopic (exact) mass is 232 g/mol. The summed E-state index contributed by atoms with van der Waals surface area (Å²) >= 11 is 0. The lowest BCUT2D eigenvalue weighted by molar-refractivity contribution is 0.221. The predicted molar refractivity (Wildman–Crippen MR) is 67.3 cm³/mol. The van der Waals surface area contributed by atoms with Crippen molar-refractivity contribution in [2.45, 2.75) is 26.9 Å². The molecule has 0 aromatic heterocycles. The van der Waals surface area contributed by atoms with Crippen LogP contribution in [0.25, 0.3) is 5.57 Å². The molecule has 2 rings (SSSR count). The van der Waals surface area contributed by atoms with Crippen molar-refractivity contribution >= 4 is 5.57 Å². The average Bonchev–Trinajstić information content (AvgIpc) is 2.21. The Kier molecular flexibility index (Phi) is 2.84. The van der Waals surface area contributed by atoms with Gasteiger partial charge in [0.05, 0.1) is 6.10 Å². The van der Waals surface area contributed by atoms with Crippen LogP contribution in [-0.4, -0.2) is 11.2 Å². The van der Waals surface area contributed by atoms with Crippen molar-refractivity contribution in [2.24, 2.45) is 0 Å². The van der Waals surface area contributed by atoms with Crippen LogP contribution in [0.2, 0.25) is 0 Å². The second-order valence-electron chi connectivity index (χ2n) is 4.35. The van der Waals surface area contributed by atoms with E-state index in [4.69, 9.17) is 9.47 Å². The lowest BCUT2D eigenvalue weighted by atomic mass is 10.0. The molecule has 1 heterocycles. The molecule has 0 atom stereocenters. The highest BCUT2D eigenvalue weighted by atomic mass is 16.5. The number of phenolic OH excluding ortho intramolecular Hbond substituents is 1. The summed E-state index contributed by atoms with van der Waals surface area (Å²) in [5, 5.41) is 9.83. The number of allylic oxidation sites excluding steroid dienone is 2. The second-order valence-corrected chi connectivity index (χ2v) is 4.35. The van der Waals surface area contributed by atoms with Crippen molar-refractivity contribution in [1.29, 1.82) is 0 Å². The van der Waals surface area contributed by atoms with Crippen LogP contribution in [-0.2, 0) is 0 Å². The minimum absolute atomic E-state index is 0.0320. The van der Waals surface area contributed by atoms with Crippen LogP contribution in [0.1, 0.15) is 26.3 Å². The number of hydrogen-bond donors (Lipinski definition) is 1. The van der Waals surface area contributed by atoms with Gasteiger partial charge in [-0.1, -0.05) is 6.58 Å². The number of aromatic hydroxyl groups is 1. The van der Waals surface area contributed by atoms with E-state index in [1.807, 2.05) is 32.9 Å². The standard InChI is InChI=1S/C14H16O3/c1-8(2)16-14-12(15)6-5-11-9(3)7-10(4)17-13(11)14/h5-8,15H,4H2,1-3H3. The molecular formula is C14H16O3. The van der Waals surface area contributed by atoms with Crippen LogP contribution >= 0.6 is 0 Å². The molecule has 3 nitrogen and oxygen atoms in total. The number of rotatable bonds is 2. The minimum Gasteiger partial charge on any atom is -0.504 e. The fraction of sp³-hybridized carbons (Fsp3) is 0.286. The summed E-state index contributed by atoms with van der Waals surface area (Å²) < 4.78 is 11.2. The fourth-order valence-electron chi connectivity index (χ4n) is 1.79. The third kappa shape index (κ3) is 2.13. The van der Waals surface area contributed by atoms with Crippen molar-refractivity contribution in [1.82, 2.24) is 0 Å². The fourth-order valence-corrected chi connectivity index (χ4v) is 1.79. The molecular weight excluding hydrogens is 216 g/mol. The van der Waals surface area contributed by atoms with Gasteiger partial charge in [-0.15, -0.1) is 0 Å². The van der Waals surface area contributed by atoms with Crippen LogP contribution < -0.4 is 9.47 Å². The molecule has 0 fully saturated rings. The average molecular weight is 232 g/mol. The van der Waals surface area contributed by atoms with Gasteiger partial charge in [0.25, 0.3) is 0 Å². The van der Waals surface area contributed by atoms with Crippen molar-refractivity contribution in [3.8, 4) is 17.2 Å². The molecule has 0 aliphatic carbocycles. The molecule has 1 aromatic carbocycles. The molecule has 0 radical (unpaired) electrons. The zero-order chi connectivity index (χ0) is 12.6. The molecule has 0 saturated carbocycles. The minimum atomic E-state index is -0.0320. The first-order valence-electron chi connectivity index (χ1n) is 5.57. The van der Waals surface area contributed by atoms with Gasteiger partial charge in [-0.2, -0.15) is 0 Å². The number of hydrogen-bond acceptors (Lipinski definition) is 3. The predicted octanol–water partition coefficient (Wildman–Crippen LogP) is 3.49. The molecule has 1 aromatic rings. The SMILES string of the molecule is C=C1C=C(C)c2ccc(O)c(OC(C)C)c2O1. The molecule has 1 N–H and O–H groups in total. The van der Waals surface area contributed by atoms with E-state index >= 15 is 0 Å². The Labute approximate surface area is 101 Å². The number of ether oxygens (including phenoxy) is 2. The molecule has 1 aliphatic heterocycles. The first kappa shape index (κ1) is 11.6. The maximum absolute atomic E-state index is 9.83. The summed E-state index contributed by atoms with van der Waals surface area (Å²) in [5.74, 6) is 1.56. The highest BCUT2D eigenvalue weighted by Gasteiger charge is 2.21. The number of fused-ring (bicyclic) bond motifs is 1. The largest absolute Gasteiger partial charge is 0.504 e. The van der Waals surface area contributed by atoms with Crippen LogP contribution in [0.4, 0.5) is 0 Å². The normalized spacial score (nSPS) is 14.1. The third-order valence-electron chi connectivity index (χ3n) is 2.48.